The molecule has 1 fully saturated rings. The molecule has 43 heavy (non-hydrogen) atoms. The van der Waals surface area contributed by atoms with E-state index in [2.05, 4.69) is 156 Å². The molecule has 4 aromatic carbocycles. The van der Waals surface area contributed by atoms with Crippen molar-refractivity contribution in [2.24, 2.45) is 0 Å². The van der Waals surface area contributed by atoms with Crippen molar-refractivity contribution >= 4 is 29.7 Å². The minimum Gasteiger partial charge on any atom is -0.399 e. The summed E-state index contributed by atoms with van der Waals surface area (Å²) in [7, 11) is -0.411. The zero-order valence-corrected chi connectivity index (χ0v) is 26.1. The smallest absolute Gasteiger partial charge is 0.399 e. The fourth-order valence-electron chi connectivity index (χ4n) is 6.15. The Morgan fingerprint density at radius 3 is 1.95 bits per heavy atom. The molecule has 0 saturated carbocycles. The average molecular weight is 566 g/mol. The van der Waals surface area contributed by atoms with Gasteiger partial charge in [-0.2, -0.15) is 0 Å². The van der Waals surface area contributed by atoms with Crippen molar-refractivity contribution in [3.05, 3.63) is 145 Å². The summed E-state index contributed by atoms with van der Waals surface area (Å²) >= 11 is 0. The van der Waals surface area contributed by atoms with E-state index in [0.29, 0.717) is 0 Å². The van der Waals surface area contributed by atoms with E-state index in [4.69, 9.17) is 9.31 Å². The van der Waals surface area contributed by atoms with Crippen molar-refractivity contribution in [3.8, 4) is 11.1 Å². The highest BCUT2D eigenvalue weighted by atomic mass is 16.7. The third-order valence-corrected chi connectivity index (χ3v) is 9.31. The molecule has 6 rings (SSSR count). The number of anilines is 2. The van der Waals surface area contributed by atoms with E-state index in [1.165, 1.54) is 22.3 Å². The van der Waals surface area contributed by atoms with E-state index in [1.54, 1.807) is 6.08 Å². The predicted molar refractivity (Wildman–Crippen MR) is 182 cm³/mol. The summed E-state index contributed by atoms with van der Waals surface area (Å²) in [5, 5.41) is 0. The van der Waals surface area contributed by atoms with E-state index in [1.807, 2.05) is 12.2 Å². The normalized spacial score (nSPS) is 18.0. The third kappa shape index (κ3) is 5.09. The maximum Gasteiger partial charge on any atom is 0.494 e. The Hall–Kier alpha value is -4.12. The summed E-state index contributed by atoms with van der Waals surface area (Å²) in [6.07, 6.45) is 7.98. The second kappa shape index (κ2) is 10.9. The molecule has 0 spiro atoms. The van der Waals surface area contributed by atoms with Crippen LogP contribution in [0.3, 0.4) is 0 Å². The first-order chi connectivity index (χ1) is 20.5. The van der Waals surface area contributed by atoms with Crippen LogP contribution in [0, 0.1) is 0 Å². The lowest BCUT2D eigenvalue weighted by Crippen LogP contribution is -2.41. The highest BCUT2D eigenvalue weighted by Gasteiger charge is 2.51. The Bertz CT molecular complexity index is 1700. The predicted octanol–water partition coefficient (Wildman–Crippen LogP) is 9.21. The van der Waals surface area contributed by atoms with Gasteiger partial charge in [0.05, 0.1) is 16.9 Å². The molecule has 2 aliphatic rings. The van der Waals surface area contributed by atoms with Gasteiger partial charge in [0.2, 0.25) is 0 Å². The quantitative estimate of drug-likeness (QED) is 0.165. The van der Waals surface area contributed by atoms with Gasteiger partial charge < -0.3 is 14.2 Å². The van der Waals surface area contributed by atoms with E-state index in [-0.39, 0.29) is 5.41 Å². The third-order valence-electron chi connectivity index (χ3n) is 9.31. The molecule has 1 heterocycles. The molecule has 0 N–H and O–H groups in total. The Labute approximate surface area is 257 Å². The molecule has 3 nitrogen and oxygen atoms in total. The summed E-state index contributed by atoms with van der Waals surface area (Å²) in [4.78, 5) is 2.34. The molecule has 0 atom stereocenters. The number of nitrogens with zero attached hydrogens (tertiary/aromatic N) is 1. The second-order valence-corrected chi connectivity index (χ2v) is 13.0. The summed E-state index contributed by atoms with van der Waals surface area (Å²) in [6.45, 7) is 16.9. The molecule has 1 aliphatic heterocycles. The lowest BCUT2D eigenvalue weighted by Gasteiger charge is -2.32. The number of allylic oxidation sites excluding steroid dienone is 4. The lowest BCUT2D eigenvalue weighted by molar-refractivity contribution is 0.00578. The lowest BCUT2D eigenvalue weighted by atomic mass is 9.79. The first kappa shape index (κ1) is 29.0. The molecule has 1 saturated heterocycles. The first-order valence-corrected chi connectivity index (χ1v) is 15.1. The molecule has 0 aromatic heterocycles. The summed E-state index contributed by atoms with van der Waals surface area (Å²) in [6, 6.07) is 34.8. The maximum absolute atomic E-state index is 6.36. The zero-order valence-electron chi connectivity index (χ0n) is 26.1. The topological polar surface area (TPSA) is 21.7 Å². The molecular formula is C39H40BNO2. The van der Waals surface area contributed by atoms with Crippen LogP contribution in [0.15, 0.2) is 128 Å². The molecule has 1 aliphatic carbocycles. The van der Waals surface area contributed by atoms with Crippen molar-refractivity contribution < 1.29 is 9.31 Å². The van der Waals surface area contributed by atoms with E-state index >= 15 is 0 Å². The Kier molecular flexibility index (Phi) is 7.32. The molecule has 0 radical (unpaired) electrons. The summed E-state index contributed by atoms with van der Waals surface area (Å²) in [5.74, 6) is 0. The monoisotopic (exact) mass is 565 g/mol. The molecule has 4 aromatic rings. The minimum absolute atomic E-state index is 0.104. The zero-order chi connectivity index (χ0) is 30.4. The van der Waals surface area contributed by atoms with Crippen LogP contribution < -0.4 is 10.4 Å². The fourth-order valence-corrected chi connectivity index (χ4v) is 6.15. The molecule has 0 unspecified atom stereocenters. The van der Waals surface area contributed by atoms with Gasteiger partial charge in [-0.05, 0) is 91.3 Å². The molecule has 0 amide bonds. The van der Waals surface area contributed by atoms with Gasteiger partial charge in [-0.25, -0.2) is 0 Å². The standard InChI is InChI=1S/C39H40BNO2/c1-8-9-11-20-36(28-16-12-10-13-17-28)41(30-23-21-29(22-24-30)40-42-38(4,5)39(6,7)43-40)31-25-26-33-32-18-14-15-19-34(32)37(2,3)35(33)27-31/h8-27H,1H2,2-7H3/b11-9-,36-20+. The van der Waals surface area contributed by atoms with Gasteiger partial charge >= 0.3 is 7.12 Å². The Morgan fingerprint density at radius 2 is 1.28 bits per heavy atom. The van der Waals surface area contributed by atoms with Crippen LogP contribution in [-0.2, 0) is 14.7 Å². The van der Waals surface area contributed by atoms with Crippen molar-refractivity contribution in [1.29, 1.82) is 0 Å². The van der Waals surface area contributed by atoms with Gasteiger partial charge in [0.25, 0.3) is 0 Å². The van der Waals surface area contributed by atoms with Crippen LogP contribution >= 0.6 is 0 Å². The van der Waals surface area contributed by atoms with Gasteiger partial charge in [0, 0.05) is 16.8 Å². The number of hydrogen-bond donors (Lipinski definition) is 0. The number of benzene rings is 4. The van der Waals surface area contributed by atoms with Gasteiger partial charge in [0.15, 0.2) is 0 Å². The van der Waals surface area contributed by atoms with Crippen LogP contribution in [0.1, 0.15) is 58.2 Å². The van der Waals surface area contributed by atoms with Crippen LogP contribution in [0.4, 0.5) is 11.4 Å². The fraction of sp³-hybridized carbons (Fsp3) is 0.231. The van der Waals surface area contributed by atoms with Crippen LogP contribution in [0.5, 0.6) is 0 Å². The SMILES string of the molecule is C=C/C=C\C=C(/c1ccccc1)N(c1ccc(B2OC(C)(C)C(C)(C)O2)cc1)c1ccc2c(c1)C(C)(C)c1ccccc1-2. The summed E-state index contributed by atoms with van der Waals surface area (Å²) < 4.78 is 12.7. The van der Waals surface area contributed by atoms with Crippen molar-refractivity contribution in [2.75, 3.05) is 4.90 Å². The van der Waals surface area contributed by atoms with Crippen molar-refractivity contribution in [2.45, 2.75) is 58.2 Å². The molecular weight excluding hydrogens is 525 g/mol. The van der Waals surface area contributed by atoms with E-state index < -0.39 is 18.3 Å². The molecule has 4 heteroatoms. The molecule has 0 bridgehead atoms. The van der Waals surface area contributed by atoms with Crippen LogP contribution in [0.25, 0.3) is 16.8 Å². The number of rotatable bonds is 7. The van der Waals surface area contributed by atoms with Crippen molar-refractivity contribution in [1.82, 2.24) is 0 Å². The number of hydrogen-bond acceptors (Lipinski definition) is 3. The maximum atomic E-state index is 6.36. The van der Waals surface area contributed by atoms with Gasteiger partial charge in [0.1, 0.15) is 0 Å². The van der Waals surface area contributed by atoms with Gasteiger partial charge in [-0.15, -0.1) is 0 Å². The largest absolute Gasteiger partial charge is 0.494 e. The average Bonchev–Trinajstić information content (AvgIpc) is 3.37. The highest BCUT2D eigenvalue weighted by molar-refractivity contribution is 6.62. The molecule has 216 valence electrons. The van der Waals surface area contributed by atoms with E-state index in [9.17, 15) is 0 Å². The van der Waals surface area contributed by atoms with Gasteiger partial charge in [-0.1, -0.05) is 111 Å². The first-order valence-electron chi connectivity index (χ1n) is 15.1. The Morgan fingerprint density at radius 1 is 0.674 bits per heavy atom. The number of fused-ring (bicyclic) bond motifs is 3. The Balaban J connectivity index is 1.48. The van der Waals surface area contributed by atoms with Crippen LogP contribution in [0.2, 0.25) is 0 Å². The van der Waals surface area contributed by atoms with E-state index in [0.717, 1.165) is 28.1 Å². The highest BCUT2D eigenvalue weighted by Crippen LogP contribution is 2.50. The van der Waals surface area contributed by atoms with Gasteiger partial charge in [-0.3, -0.25) is 0 Å². The minimum atomic E-state index is -0.411. The van der Waals surface area contributed by atoms with Crippen molar-refractivity contribution in [3.63, 3.8) is 0 Å². The van der Waals surface area contributed by atoms with Crippen LogP contribution in [-0.4, -0.2) is 18.3 Å². The summed E-state index contributed by atoms with van der Waals surface area (Å²) in [5.41, 5.74) is 9.78. The second-order valence-electron chi connectivity index (χ2n) is 13.0.